The number of hydrogen-bond acceptors (Lipinski definition) is 6. The summed E-state index contributed by atoms with van der Waals surface area (Å²) in [4.78, 5) is 28.6. The van der Waals surface area contributed by atoms with Gasteiger partial charge in [-0.1, -0.05) is 6.07 Å². The molecule has 8 nitrogen and oxygen atoms in total. The van der Waals surface area contributed by atoms with E-state index in [1.165, 1.54) is 37.6 Å². The highest BCUT2D eigenvalue weighted by Gasteiger charge is 2.41. The monoisotopic (exact) mass is 597 g/mol. The minimum absolute atomic E-state index is 0.0159. The number of rotatable bonds is 8. The molecule has 1 aliphatic carbocycles. The van der Waals surface area contributed by atoms with Crippen molar-refractivity contribution in [2.75, 3.05) is 12.4 Å². The summed E-state index contributed by atoms with van der Waals surface area (Å²) in [5.41, 5.74) is 5.95. The van der Waals surface area contributed by atoms with Crippen molar-refractivity contribution in [3.8, 4) is 23.0 Å². The average Bonchev–Trinajstić information content (AvgIpc) is 2.92. The van der Waals surface area contributed by atoms with Crippen LogP contribution in [-0.4, -0.2) is 36.4 Å². The number of benzene rings is 2. The fourth-order valence-corrected chi connectivity index (χ4v) is 4.71. The van der Waals surface area contributed by atoms with E-state index in [4.69, 9.17) is 15.2 Å². The van der Waals surface area contributed by atoms with E-state index in [2.05, 4.69) is 15.0 Å². The van der Waals surface area contributed by atoms with Gasteiger partial charge in [0.15, 0.2) is 11.5 Å². The van der Waals surface area contributed by atoms with Crippen LogP contribution in [0.3, 0.4) is 0 Å². The smallest absolute Gasteiger partial charge is 0.493 e. The third-order valence-electron chi connectivity index (χ3n) is 6.77. The predicted octanol–water partition coefficient (Wildman–Crippen LogP) is 6.97. The molecule has 1 aliphatic rings. The lowest BCUT2D eigenvalue weighted by atomic mass is 9.78. The lowest BCUT2D eigenvalue weighted by Crippen LogP contribution is -2.27. The molecule has 42 heavy (non-hydrogen) atoms. The molecule has 3 aromatic rings. The van der Waals surface area contributed by atoms with E-state index >= 15 is 0 Å². The number of primary amides is 1. The molecule has 1 fully saturated rings. The van der Waals surface area contributed by atoms with Crippen LogP contribution in [0.4, 0.5) is 32.0 Å². The first kappa shape index (κ1) is 30.5. The molecule has 0 atom stereocenters. The van der Waals surface area contributed by atoms with Gasteiger partial charge in [-0.2, -0.15) is 13.2 Å². The fourth-order valence-electron chi connectivity index (χ4n) is 4.71. The molecule has 1 aromatic heterocycles. The van der Waals surface area contributed by atoms with Crippen LogP contribution in [0.25, 0.3) is 0 Å². The Balaban J connectivity index is 1.66. The average molecular weight is 598 g/mol. The van der Waals surface area contributed by atoms with Gasteiger partial charge >= 0.3 is 12.5 Å². The van der Waals surface area contributed by atoms with Crippen molar-refractivity contribution in [2.24, 2.45) is 11.7 Å². The molecule has 14 heteroatoms. The van der Waals surface area contributed by atoms with Gasteiger partial charge in [-0.3, -0.25) is 14.6 Å². The Morgan fingerprint density at radius 3 is 2.24 bits per heavy atom. The molecular formula is C28H25F6N3O5. The van der Waals surface area contributed by atoms with Gasteiger partial charge in [0.05, 0.1) is 18.6 Å². The summed E-state index contributed by atoms with van der Waals surface area (Å²) in [5, 5.41) is 2.60. The van der Waals surface area contributed by atoms with Gasteiger partial charge in [0.1, 0.15) is 17.2 Å². The molecule has 1 heterocycles. The second-order valence-corrected chi connectivity index (χ2v) is 9.56. The zero-order valence-electron chi connectivity index (χ0n) is 22.0. The predicted molar refractivity (Wildman–Crippen MR) is 138 cm³/mol. The molecule has 0 unspecified atom stereocenters. The largest absolute Gasteiger partial charge is 0.573 e. The fraction of sp³-hybridized carbons (Fsp3) is 0.321. The summed E-state index contributed by atoms with van der Waals surface area (Å²) in [6, 6.07) is 10.3. The Labute approximate surface area is 235 Å². The normalized spacial score (nSPS) is 17.3. The van der Waals surface area contributed by atoms with Gasteiger partial charge in [0, 0.05) is 18.0 Å². The maximum atomic E-state index is 13.3. The molecule has 3 N–H and O–H groups in total. The summed E-state index contributed by atoms with van der Waals surface area (Å²) in [7, 11) is 1.20. The summed E-state index contributed by atoms with van der Waals surface area (Å²) in [5.74, 6) is -3.93. The van der Waals surface area contributed by atoms with Crippen LogP contribution in [0, 0.1) is 5.92 Å². The van der Waals surface area contributed by atoms with Crippen molar-refractivity contribution in [3.63, 3.8) is 0 Å². The molecule has 224 valence electrons. The number of nitrogens with two attached hydrogens (primary N) is 1. The van der Waals surface area contributed by atoms with Crippen molar-refractivity contribution < 1.29 is 50.1 Å². The van der Waals surface area contributed by atoms with Crippen LogP contribution < -0.4 is 25.3 Å². The number of aromatic nitrogens is 1. The van der Waals surface area contributed by atoms with E-state index in [9.17, 15) is 35.9 Å². The summed E-state index contributed by atoms with van der Waals surface area (Å²) >= 11 is 0. The number of pyridine rings is 1. The van der Waals surface area contributed by atoms with E-state index < -0.39 is 36.0 Å². The molecular weight excluding hydrogens is 572 g/mol. The summed E-state index contributed by atoms with van der Waals surface area (Å²) < 4.78 is 92.7. The Kier molecular flexibility index (Phi) is 8.83. The maximum absolute atomic E-state index is 13.3. The van der Waals surface area contributed by atoms with Gasteiger partial charge in [0.25, 0.3) is 11.8 Å². The number of nitrogens with zero attached hydrogens (tertiary/aromatic N) is 1. The van der Waals surface area contributed by atoms with Gasteiger partial charge in [-0.05, 0) is 73.6 Å². The third-order valence-corrected chi connectivity index (χ3v) is 6.77. The second kappa shape index (κ2) is 12.2. The standard InChI is InChI=1S/C28H25F6N3O5/c1-40-24-14-19(42-28(32,33)34)7-9-22(24)41-23-12-16(15-2-5-17(6-3-15)27(29,30)31)4-8-20(23)26(39)37-18-10-11-36-21(13-18)25(35)38/h4,7-15,17H,2-3,5-6H2,1H3,(H2,35,38)(H,36,37,39)/t15-,17-. The van der Waals surface area contributed by atoms with Gasteiger partial charge in [-0.25, -0.2) is 0 Å². The first-order valence-corrected chi connectivity index (χ1v) is 12.6. The number of methoxy groups -OCH3 is 1. The van der Waals surface area contributed by atoms with E-state index in [-0.39, 0.29) is 65.8 Å². The van der Waals surface area contributed by atoms with Gasteiger partial charge < -0.3 is 25.3 Å². The van der Waals surface area contributed by atoms with Crippen LogP contribution in [0.15, 0.2) is 54.7 Å². The van der Waals surface area contributed by atoms with Crippen molar-refractivity contribution in [1.82, 2.24) is 4.98 Å². The number of ether oxygens (including phenoxy) is 3. The Hall–Kier alpha value is -4.49. The molecule has 4 rings (SSSR count). The quantitative estimate of drug-likeness (QED) is 0.271. The molecule has 0 radical (unpaired) electrons. The SMILES string of the molecule is COc1cc(OC(F)(F)F)ccc1Oc1cc([C@H]2CC[C@H](C(F)(F)F)CC2)ccc1C(=O)Nc1ccnc(C(N)=O)c1. The zero-order valence-corrected chi connectivity index (χ0v) is 22.0. The number of anilines is 1. The van der Waals surface area contributed by atoms with Crippen LogP contribution in [-0.2, 0) is 0 Å². The first-order chi connectivity index (χ1) is 19.7. The van der Waals surface area contributed by atoms with Crippen molar-refractivity contribution in [3.05, 3.63) is 71.5 Å². The second-order valence-electron chi connectivity index (χ2n) is 9.56. The number of hydrogen-bond donors (Lipinski definition) is 2. The Bertz CT molecular complexity index is 1450. The highest BCUT2D eigenvalue weighted by molar-refractivity contribution is 6.06. The molecule has 1 saturated carbocycles. The zero-order chi connectivity index (χ0) is 30.7. The van der Waals surface area contributed by atoms with Crippen molar-refractivity contribution in [2.45, 2.75) is 44.1 Å². The molecule has 2 aromatic carbocycles. The summed E-state index contributed by atoms with van der Waals surface area (Å²) in [6.45, 7) is 0. The first-order valence-electron chi connectivity index (χ1n) is 12.6. The number of carbonyl (C=O) groups excluding carboxylic acids is 2. The number of amides is 2. The van der Waals surface area contributed by atoms with E-state index in [0.29, 0.717) is 5.56 Å². The molecule has 0 spiro atoms. The summed E-state index contributed by atoms with van der Waals surface area (Å²) in [6.07, 6.45) is -7.54. The minimum Gasteiger partial charge on any atom is -0.493 e. The maximum Gasteiger partial charge on any atom is 0.573 e. The van der Waals surface area contributed by atoms with E-state index in [0.717, 1.165) is 18.2 Å². The van der Waals surface area contributed by atoms with Crippen molar-refractivity contribution >= 4 is 17.5 Å². The van der Waals surface area contributed by atoms with Crippen LogP contribution in [0.1, 0.15) is 58.0 Å². The van der Waals surface area contributed by atoms with Gasteiger partial charge in [-0.15, -0.1) is 13.2 Å². The van der Waals surface area contributed by atoms with Crippen LogP contribution in [0.2, 0.25) is 0 Å². The minimum atomic E-state index is -4.95. The molecule has 0 saturated heterocycles. The molecule has 0 aliphatic heterocycles. The van der Waals surface area contributed by atoms with E-state index in [1.54, 1.807) is 6.07 Å². The topological polar surface area (TPSA) is 113 Å². The Morgan fingerprint density at radius 1 is 0.905 bits per heavy atom. The number of halogens is 6. The highest BCUT2D eigenvalue weighted by atomic mass is 19.4. The number of nitrogens with one attached hydrogen (secondary N) is 1. The van der Waals surface area contributed by atoms with Crippen LogP contribution >= 0.6 is 0 Å². The van der Waals surface area contributed by atoms with Gasteiger partial charge in [0.2, 0.25) is 0 Å². The molecule has 2 amide bonds. The number of alkyl halides is 6. The molecule has 0 bridgehead atoms. The third kappa shape index (κ3) is 7.62. The van der Waals surface area contributed by atoms with Crippen molar-refractivity contribution in [1.29, 1.82) is 0 Å². The Morgan fingerprint density at radius 2 is 1.62 bits per heavy atom. The van der Waals surface area contributed by atoms with E-state index in [1.807, 2.05) is 0 Å². The van der Waals surface area contributed by atoms with Crippen LogP contribution in [0.5, 0.6) is 23.0 Å². The lowest BCUT2D eigenvalue weighted by Gasteiger charge is -2.30. The highest BCUT2D eigenvalue weighted by Crippen LogP contribution is 2.44. The lowest BCUT2D eigenvalue weighted by molar-refractivity contribution is -0.274. The number of carbonyl (C=O) groups is 2.